The Balaban J connectivity index is 2.28. The van der Waals surface area contributed by atoms with E-state index in [1.807, 2.05) is 19.9 Å². The maximum atomic E-state index is 13.7. The maximum Gasteiger partial charge on any atom is 0.261 e. The van der Waals surface area contributed by atoms with E-state index in [-0.39, 0.29) is 4.47 Å². The highest BCUT2D eigenvalue weighted by atomic mass is 79.9. The van der Waals surface area contributed by atoms with Gasteiger partial charge in [0.25, 0.3) is 5.91 Å². The summed E-state index contributed by atoms with van der Waals surface area (Å²) in [6.07, 6.45) is 0. The van der Waals surface area contributed by atoms with Crippen LogP contribution in [0, 0.1) is 11.6 Å². The zero-order chi connectivity index (χ0) is 15.6. The van der Waals surface area contributed by atoms with Gasteiger partial charge in [-0.1, -0.05) is 41.9 Å². The van der Waals surface area contributed by atoms with Crippen LogP contribution in [0.2, 0.25) is 0 Å². The highest BCUT2D eigenvalue weighted by molar-refractivity contribution is 9.10. The fraction of sp³-hybridized carbons (Fsp3) is 0.188. The van der Waals surface area contributed by atoms with Crippen LogP contribution < -0.4 is 5.32 Å². The van der Waals surface area contributed by atoms with Crippen molar-refractivity contribution >= 4 is 27.5 Å². The van der Waals surface area contributed by atoms with Crippen LogP contribution in [0.3, 0.4) is 0 Å². The molecule has 1 N–H and O–H groups in total. The number of amides is 1. The fourth-order valence-corrected chi connectivity index (χ4v) is 2.33. The average molecular weight is 354 g/mol. The van der Waals surface area contributed by atoms with E-state index < -0.39 is 23.1 Å². The fourth-order valence-electron chi connectivity index (χ4n) is 1.93. The molecule has 0 saturated heterocycles. The second-order valence-electron chi connectivity index (χ2n) is 4.98. The minimum absolute atomic E-state index is 0.246. The number of hydrogen-bond acceptors (Lipinski definition) is 1. The van der Waals surface area contributed by atoms with Gasteiger partial charge in [0.15, 0.2) is 0 Å². The molecule has 0 aromatic heterocycles. The predicted molar refractivity (Wildman–Crippen MR) is 82.5 cm³/mol. The second kappa shape index (κ2) is 6.35. The third kappa shape index (κ3) is 3.67. The van der Waals surface area contributed by atoms with Crippen molar-refractivity contribution in [3.63, 3.8) is 0 Å². The molecule has 2 aromatic rings. The highest BCUT2D eigenvalue weighted by Crippen LogP contribution is 2.22. The molecule has 0 fully saturated rings. The van der Waals surface area contributed by atoms with E-state index in [9.17, 15) is 13.6 Å². The Bertz CT molecular complexity index is 663. The van der Waals surface area contributed by atoms with Crippen LogP contribution >= 0.6 is 15.9 Å². The number of hydrogen-bond donors (Lipinski definition) is 1. The molecule has 1 amide bonds. The van der Waals surface area contributed by atoms with Gasteiger partial charge in [-0.3, -0.25) is 4.79 Å². The van der Waals surface area contributed by atoms with Crippen molar-refractivity contribution < 1.29 is 13.6 Å². The van der Waals surface area contributed by atoms with Gasteiger partial charge in [0.1, 0.15) is 17.2 Å². The Morgan fingerprint density at radius 3 is 2.33 bits per heavy atom. The first-order chi connectivity index (χ1) is 9.88. The lowest BCUT2D eigenvalue weighted by Gasteiger charge is -2.10. The molecule has 0 spiro atoms. The van der Waals surface area contributed by atoms with Crippen molar-refractivity contribution in [3.8, 4) is 0 Å². The third-order valence-electron chi connectivity index (χ3n) is 3.05. The molecule has 21 heavy (non-hydrogen) atoms. The molecule has 0 aliphatic heterocycles. The van der Waals surface area contributed by atoms with Crippen LogP contribution in [-0.2, 0) is 0 Å². The first-order valence-electron chi connectivity index (χ1n) is 6.44. The maximum absolute atomic E-state index is 13.7. The molecule has 0 radical (unpaired) electrons. The Hall–Kier alpha value is -1.75. The van der Waals surface area contributed by atoms with Crippen LogP contribution in [-0.4, -0.2) is 5.91 Å². The molecule has 0 unspecified atom stereocenters. The highest BCUT2D eigenvalue weighted by Gasteiger charge is 2.18. The largest absolute Gasteiger partial charge is 0.322 e. The summed E-state index contributed by atoms with van der Waals surface area (Å²) in [5.74, 6) is -2.32. The van der Waals surface area contributed by atoms with E-state index in [2.05, 4.69) is 21.2 Å². The third-order valence-corrected chi connectivity index (χ3v) is 3.50. The van der Waals surface area contributed by atoms with Crippen LogP contribution in [0.1, 0.15) is 35.7 Å². The Morgan fingerprint density at radius 1 is 1.14 bits per heavy atom. The number of rotatable bonds is 3. The van der Waals surface area contributed by atoms with Gasteiger partial charge in [0, 0.05) is 10.2 Å². The summed E-state index contributed by atoms with van der Waals surface area (Å²) in [7, 11) is 0. The van der Waals surface area contributed by atoms with Crippen molar-refractivity contribution in [1.82, 2.24) is 0 Å². The molecule has 0 aliphatic carbocycles. The first kappa shape index (κ1) is 15.6. The zero-order valence-electron chi connectivity index (χ0n) is 11.6. The molecule has 0 aliphatic rings. The SMILES string of the molecule is CC(C)c1cccc(NC(=O)c2c(F)cc(Br)cc2F)c1. The number of carbonyl (C=O) groups excluding carboxylic acids is 1. The van der Waals surface area contributed by atoms with Crippen LogP contribution in [0.15, 0.2) is 40.9 Å². The lowest BCUT2D eigenvalue weighted by Crippen LogP contribution is -2.16. The topological polar surface area (TPSA) is 29.1 Å². The van der Waals surface area contributed by atoms with E-state index >= 15 is 0 Å². The summed E-state index contributed by atoms with van der Waals surface area (Å²) in [5, 5.41) is 2.52. The average Bonchev–Trinajstić information content (AvgIpc) is 2.37. The zero-order valence-corrected chi connectivity index (χ0v) is 13.2. The number of benzene rings is 2. The summed E-state index contributed by atoms with van der Waals surface area (Å²) in [6, 6.07) is 9.31. The van der Waals surface area contributed by atoms with Gasteiger partial charge in [-0.15, -0.1) is 0 Å². The van der Waals surface area contributed by atoms with Crippen LogP contribution in [0.5, 0.6) is 0 Å². The summed E-state index contributed by atoms with van der Waals surface area (Å²) < 4.78 is 27.7. The molecule has 0 heterocycles. The minimum atomic E-state index is -0.903. The molecule has 0 bridgehead atoms. The Morgan fingerprint density at radius 2 is 1.76 bits per heavy atom. The Kier molecular flexibility index (Phi) is 4.73. The van der Waals surface area contributed by atoms with Crippen LogP contribution in [0.25, 0.3) is 0 Å². The second-order valence-corrected chi connectivity index (χ2v) is 5.89. The summed E-state index contributed by atoms with van der Waals surface area (Å²) >= 11 is 2.98. The number of nitrogens with one attached hydrogen (secondary N) is 1. The van der Waals surface area contributed by atoms with E-state index in [1.165, 1.54) is 0 Å². The predicted octanol–water partition coefficient (Wildman–Crippen LogP) is 5.10. The smallest absolute Gasteiger partial charge is 0.261 e. The van der Waals surface area contributed by atoms with Crippen molar-refractivity contribution in [2.45, 2.75) is 19.8 Å². The van der Waals surface area contributed by atoms with Crippen molar-refractivity contribution in [1.29, 1.82) is 0 Å². The van der Waals surface area contributed by atoms with Crippen molar-refractivity contribution in [2.75, 3.05) is 5.32 Å². The minimum Gasteiger partial charge on any atom is -0.322 e. The molecule has 110 valence electrons. The van der Waals surface area contributed by atoms with Crippen LogP contribution in [0.4, 0.5) is 14.5 Å². The first-order valence-corrected chi connectivity index (χ1v) is 7.23. The quantitative estimate of drug-likeness (QED) is 0.816. The standard InChI is InChI=1S/C16H14BrF2NO/c1-9(2)10-4-3-5-12(6-10)20-16(21)15-13(18)7-11(17)8-14(15)19/h3-9H,1-2H3,(H,20,21). The van der Waals surface area contributed by atoms with E-state index in [0.717, 1.165) is 17.7 Å². The normalized spacial score (nSPS) is 10.8. The van der Waals surface area contributed by atoms with Gasteiger partial charge in [-0.2, -0.15) is 0 Å². The summed E-state index contributed by atoms with van der Waals surface area (Å²) in [4.78, 5) is 12.0. The molecule has 0 atom stereocenters. The monoisotopic (exact) mass is 353 g/mol. The summed E-state index contributed by atoms with van der Waals surface area (Å²) in [6.45, 7) is 4.05. The molecular weight excluding hydrogens is 340 g/mol. The molecular formula is C16H14BrF2NO. The lowest BCUT2D eigenvalue weighted by atomic mass is 10.0. The van der Waals surface area contributed by atoms with Crippen molar-refractivity contribution in [2.24, 2.45) is 0 Å². The Labute approximate surface area is 130 Å². The van der Waals surface area contributed by atoms with E-state index in [4.69, 9.17) is 0 Å². The van der Waals surface area contributed by atoms with Gasteiger partial charge in [0.2, 0.25) is 0 Å². The molecule has 5 heteroatoms. The van der Waals surface area contributed by atoms with Gasteiger partial charge in [-0.25, -0.2) is 8.78 Å². The van der Waals surface area contributed by atoms with E-state index in [1.54, 1.807) is 18.2 Å². The molecule has 0 saturated carbocycles. The molecule has 2 rings (SSSR count). The van der Waals surface area contributed by atoms with Gasteiger partial charge >= 0.3 is 0 Å². The van der Waals surface area contributed by atoms with Crippen molar-refractivity contribution in [3.05, 3.63) is 63.6 Å². The number of carbonyl (C=O) groups is 1. The van der Waals surface area contributed by atoms with Gasteiger partial charge in [0.05, 0.1) is 0 Å². The number of anilines is 1. The number of halogens is 3. The molecule has 2 nitrogen and oxygen atoms in total. The molecule has 2 aromatic carbocycles. The lowest BCUT2D eigenvalue weighted by molar-refractivity contribution is 0.101. The van der Waals surface area contributed by atoms with E-state index in [0.29, 0.717) is 11.6 Å². The van der Waals surface area contributed by atoms with Gasteiger partial charge < -0.3 is 5.32 Å². The summed E-state index contributed by atoms with van der Waals surface area (Å²) in [5.41, 5.74) is 0.950. The van der Waals surface area contributed by atoms with Gasteiger partial charge in [-0.05, 0) is 35.7 Å².